The largest absolute Gasteiger partial charge is 0.352 e. The number of carbonyl (C=O) groups excluding carboxylic acids is 2. The lowest BCUT2D eigenvalue weighted by molar-refractivity contribution is 0.0954. The number of nitrogens with one attached hydrogen (secondary N) is 2. The summed E-state index contributed by atoms with van der Waals surface area (Å²) in [6.07, 6.45) is 0. The Labute approximate surface area is 188 Å². The first-order chi connectivity index (χ1) is 14.9. The van der Waals surface area contributed by atoms with Crippen molar-refractivity contribution in [1.82, 2.24) is 15.1 Å². The number of halogens is 1. The Morgan fingerprint density at radius 1 is 1.10 bits per heavy atom. The average molecular weight is 453 g/mol. The van der Waals surface area contributed by atoms with Gasteiger partial charge in [0.1, 0.15) is 4.83 Å². The highest BCUT2D eigenvalue weighted by Crippen LogP contribution is 2.29. The molecular weight excluding hydrogens is 432 g/mol. The second-order valence-corrected chi connectivity index (χ2v) is 8.56. The Morgan fingerprint density at radius 3 is 2.61 bits per heavy atom. The lowest BCUT2D eigenvalue weighted by Crippen LogP contribution is -2.22. The second kappa shape index (κ2) is 8.91. The van der Waals surface area contributed by atoms with Crippen molar-refractivity contribution in [2.75, 3.05) is 11.9 Å². The highest BCUT2D eigenvalue weighted by molar-refractivity contribution is 7.20. The fourth-order valence-corrected chi connectivity index (χ4v) is 4.47. The lowest BCUT2D eigenvalue weighted by Gasteiger charge is -2.07. The summed E-state index contributed by atoms with van der Waals surface area (Å²) < 4.78 is 1.91. The number of benzene rings is 2. The van der Waals surface area contributed by atoms with E-state index in [1.54, 1.807) is 24.3 Å². The van der Waals surface area contributed by atoms with Gasteiger partial charge in [-0.25, -0.2) is 0 Å². The maximum Gasteiger partial charge on any atom is 0.265 e. The maximum absolute atomic E-state index is 12.9. The molecule has 0 aliphatic rings. The van der Waals surface area contributed by atoms with Crippen molar-refractivity contribution in [3.8, 4) is 0 Å². The lowest BCUT2D eigenvalue weighted by atomic mass is 10.2. The zero-order valence-electron chi connectivity index (χ0n) is 17.1. The maximum atomic E-state index is 12.9. The van der Waals surface area contributed by atoms with Crippen molar-refractivity contribution in [3.05, 3.63) is 81.3 Å². The summed E-state index contributed by atoms with van der Waals surface area (Å²) in [6, 6.07) is 16.4. The number of anilines is 1. The fourth-order valence-electron chi connectivity index (χ4n) is 3.29. The van der Waals surface area contributed by atoms with Gasteiger partial charge in [-0.3, -0.25) is 14.3 Å². The second-order valence-electron chi connectivity index (χ2n) is 7.09. The van der Waals surface area contributed by atoms with Gasteiger partial charge in [-0.05, 0) is 55.8 Å². The van der Waals surface area contributed by atoms with Gasteiger partial charge in [0.15, 0.2) is 0 Å². The summed E-state index contributed by atoms with van der Waals surface area (Å²) >= 11 is 7.37. The van der Waals surface area contributed by atoms with Crippen LogP contribution in [0, 0.1) is 6.92 Å². The number of aryl methyl sites for hydroxylation is 1. The molecular formula is C23H21ClN4O2S. The molecule has 0 unspecified atom stereocenters. The Morgan fingerprint density at radius 2 is 1.87 bits per heavy atom. The number of thiophene rings is 1. The molecule has 2 amide bonds. The Kier molecular flexibility index (Phi) is 6.06. The van der Waals surface area contributed by atoms with Crippen LogP contribution in [0.3, 0.4) is 0 Å². The number of carbonyl (C=O) groups is 2. The van der Waals surface area contributed by atoms with Crippen molar-refractivity contribution in [1.29, 1.82) is 0 Å². The standard InChI is InChI=1S/C23H21ClN4O2S/c1-3-25-21(29)16-5-4-6-18(11-16)26-22(30)20-12-19-14(2)27-28(23(19)31-20)13-15-7-9-17(24)10-8-15/h4-12H,3,13H2,1-2H3,(H,25,29)(H,26,30). The smallest absolute Gasteiger partial charge is 0.265 e. The van der Waals surface area contributed by atoms with Crippen LogP contribution in [0.4, 0.5) is 5.69 Å². The molecule has 0 saturated carbocycles. The monoisotopic (exact) mass is 452 g/mol. The molecule has 158 valence electrons. The molecule has 0 saturated heterocycles. The van der Waals surface area contributed by atoms with Crippen LogP contribution in [0.2, 0.25) is 5.02 Å². The Hall–Kier alpha value is -3.16. The van der Waals surface area contributed by atoms with Crippen LogP contribution in [0.5, 0.6) is 0 Å². The van der Waals surface area contributed by atoms with E-state index in [0.29, 0.717) is 34.2 Å². The molecule has 8 heteroatoms. The molecule has 31 heavy (non-hydrogen) atoms. The molecule has 2 heterocycles. The summed E-state index contributed by atoms with van der Waals surface area (Å²) in [4.78, 5) is 26.4. The normalized spacial score (nSPS) is 10.9. The highest BCUT2D eigenvalue weighted by Gasteiger charge is 2.17. The summed E-state index contributed by atoms with van der Waals surface area (Å²) in [5.74, 6) is -0.384. The number of amides is 2. The number of aromatic nitrogens is 2. The Balaban J connectivity index is 1.56. The van der Waals surface area contributed by atoms with Crippen LogP contribution < -0.4 is 10.6 Å². The van der Waals surface area contributed by atoms with Gasteiger partial charge in [0.2, 0.25) is 0 Å². The molecule has 4 aromatic rings. The summed E-state index contributed by atoms with van der Waals surface area (Å²) in [7, 11) is 0. The van der Waals surface area contributed by atoms with Crippen LogP contribution in [-0.2, 0) is 6.54 Å². The topological polar surface area (TPSA) is 76.0 Å². The number of fused-ring (bicyclic) bond motifs is 1. The highest BCUT2D eigenvalue weighted by atomic mass is 35.5. The van der Waals surface area contributed by atoms with Crippen molar-refractivity contribution >= 4 is 50.7 Å². The molecule has 0 bridgehead atoms. The molecule has 6 nitrogen and oxygen atoms in total. The third-order valence-corrected chi connectivity index (χ3v) is 6.20. The molecule has 2 N–H and O–H groups in total. The van der Waals surface area contributed by atoms with Crippen LogP contribution >= 0.6 is 22.9 Å². The van der Waals surface area contributed by atoms with E-state index in [1.165, 1.54) is 11.3 Å². The van der Waals surface area contributed by atoms with Crippen LogP contribution in [0.15, 0.2) is 54.6 Å². The molecule has 2 aromatic carbocycles. The number of rotatable bonds is 6. The molecule has 2 aromatic heterocycles. The molecule has 0 spiro atoms. The summed E-state index contributed by atoms with van der Waals surface area (Å²) in [6.45, 7) is 4.94. The van der Waals surface area contributed by atoms with Gasteiger partial charge >= 0.3 is 0 Å². The van der Waals surface area contributed by atoms with Gasteiger partial charge in [-0.1, -0.05) is 29.8 Å². The van der Waals surface area contributed by atoms with Crippen LogP contribution in [0.1, 0.15) is 38.2 Å². The van der Waals surface area contributed by atoms with Gasteiger partial charge in [-0.15, -0.1) is 11.3 Å². The quantitative estimate of drug-likeness (QED) is 0.426. The van der Waals surface area contributed by atoms with Crippen molar-refractivity contribution in [2.45, 2.75) is 20.4 Å². The summed E-state index contributed by atoms with van der Waals surface area (Å²) in [5, 5.41) is 11.9. The van der Waals surface area contributed by atoms with Crippen molar-refractivity contribution in [2.24, 2.45) is 0 Å². The third kappa shape index (κ3) is 4.62. The van der Waals surface area contributed by atoms with E-state index in [-0.39, 0.29) is 11.8 Å². The molecule has 0 aliphatic heterocycles. The van der Waals surface area contributed by atoms with Gasteiger partial charge in [0.25, 0.3) is 11.8 Å². The van der Waals surface area contributed by atoms with E-state index in [0.717, 1.165) is 21.5 Å². The van der Waals surface area contributed by atoms with Gasteiger partial charge < -0.3 is 10.6 Å². The van der Waals surface area contributed by atoms with Crippen molar-refractivity contribution in [3.63, 3.8) is 0 Å². The van der Waals surface area contributed by atoms with E-state index >= 15 is 0 Å². The van der Waals surface area contributed by atoms with E-state index < -0.39 is 0 Å². The fraction of sp³-hybridized carbons (Fsp3) is 0.174. The van der Waals surface area contributed by atoms with E-state index in [1.807, 2.05) is 48.9 Å². The third-order valence-electron chi connectivity index (χ3n) is 4.80. The molecule has 0 atom stereocenters. The number of hydrogen-bond donors (Lipinski definition) is 2. The number of nitrogens with zero attached hydrogens (tertiary/aromatic N) is 2. The van der Waals surface area contributed by atoms with Gasteiger partial charge in [0.05, 0.1) is 17.1 Å². The molecule has 0 aliphatic carbocycles. The van der Waals surface area contributed by atoms with E-state index in [9.17, 15) is 9.59 Å². The first-order valence-electron chi connectivity index (χ1n) is 9.85. The van der Waals surface area contributed by atoms with Gasteiger partial charge in [-0.2, -0.15) is 5.10 Å². The first-order valence-corrected chi connectivity index (χ1v) is 11.0. The van der Waals surface area contributed by atoms with E-state index in [4.69, 9.17) is 11.6 Å². The zero-order valence-corrected chi connectivity index (χ0v) is 18.7. The average Bonchev–Trinajstić information content (AvgIpc) is 3.31. The van der Waals surface area contributed by atoms with E-state index in [2.05, 4.69) is 15.7 Å². The molecule has 0 fully saturated rings. The minimum atomic E-state index is -0.216. The minimum absolute atomic E-state index is 0.168. The van der Waals surface area contributed by atoms with Crippen molar-refractivity contribution < 1.29 is 9.59 Å². The Bertz CT molecular complexity index is 1260. The zero-order chi connectivity index (χ0) is 22.0. The SMILES string of the molecule is CCNC(=O)c1cccc(NC(=O)c2cc3c(C)nn(Cc4ccc(Cl)cc4)c3s2)c1. The van der Waals surface area contributed by atoms with Crippen LogP contribution in [0.25, 0.3) is 10.2 Å². The van der Waals surface area contributed by atoms with Gasteiger partial charge in [0, 0.05) is 28.2 Å². The number of hydrogen-bond acceptors (Lipinski definition) is 4. The predicted molar refractivity (Wildman–Crippen MR) is 125 cm³/mol. The van der Waals surface area contributed by atoms with Crippen LogP contribution in [-0.4, -0.2) is 28.1 Å². The minimum Gasteiger partial charge on any atom is -0.352 e. The summed E-state index contributed by atoms with van der Waals surface area (Å²) in [5.41, 5.74) is 3.03. The molecule has 0 radical (unpaired) electrons. The molecule has 4 rings (SSSR count). The first kappa shape index (κ1) is 21.1. The predicted octanol–water partition coefficient (Wildman–Crippen LogP) is 5.11.